The van der Waals surface area contributed by atoms with E-state index >= 15 is 0 Å². The fraction of sp³-hybridized carbons (Fsp3) is 0.429. The summed E-state index contributed by atoms with van der Waals surface area (Å²) < 4.78 is 26.5. The van der Waals surface area contributed by atoms with Gasteiger partial charge in [-0.15, -0.1) is 0 Å². The standard InChI is InChI=1S/C28H35N3O6/c1-21-16-30(28(33)31(27(21)32)20-35-17-22-9-4-2-5-10-22)26-15-24(25(37-26)19-34-14-8-13-29)36-18-23-11-6-3-7-12-23/h2-7,9-12,16,24-26H,8,13-15,17-20,29H2,1H3/t24-,25+,26+/m0/s1. The first-order valence-corrected chi connectivity index (χ1v) is 12.6. The van der Waals surface area contributed by atoms with Gasteiger partial charge in [0.05, 0.1) is 25.9 Å². The van der Waals surface area contributed by atoms with Gasteiger partial charge in [-0.3, -0.25) is 9.36 Å². The van der Waals surface area contributed by atoms with Crippen molar-refractivity contribution in [1.82, 2.24) is 9.13 Å². The summed E-state index contributed by atoms with van der Waals surface area (Å²) in [6, 6.07) is 19.5. The summed E-state index contributed by atoms with van der Waals surface area (Å²) in [5, 5.41) is 0. The highest BCUT2D eigenvalue weighted by molar-refractivity contribution is 5.14. The van der Waals surface area contributed by atoms with E-state index in [9.17, 15) is 9.59 Å². The summed E-state index contributed by atoms with van der Waals surface area (Å²) in [6.45, 7) is 3.63. The summed E-state index contributed by atoms with van der Waals surface area (Å²) in [6.07, 6.45) is 1.49. The van der Waals surface area contributed by atoms with Gasteiger partial charge in [-0.05, 0) is 31.0 Å². The molecule has 0 unspecified atom stereocenters. The van der Waals surface area contributed by atoms with Gasteiger partial charge in [-0.2, -0.15) is 0 Å². The molecule has 0 aliphatic carbocycles. The van der Waals surface area contributed by atoms with Crippen molar-refractivity contribution < 1.29 is 18.9 Å². The molecular formula is C28H35N3O6. The molecule has 2 N–H and O–H groups in total. The maximum absolute atomic E-state index is 13.3. The Balaban J connectivity index is 1.49. The molecule has 0 bridgehead atoms. The third kappa shape index (κ3) is 7.24. The second-order valence-corrected chi connectivity index (χ2v) is 9.12. The normalized spacial score (nSPS) is 19.4. The highest BCUT2D eigenvalue weighted by atomic mass is 16.6. The number of aryl methyl sites for hydroxylation is 1. The highest BCUT2D eigenvalue weighted by Gasteiger charge is 2.38. The Labute approximate surface area is 216 Å². The van der Waals surface area contributed by atoms with Crippen molar-refractivity contribution in [2.45, 2.75) is 58.1 Å². The SMILES string of the molecule is Cc1cn([C@H]2C[C@H](OCc3ccccc3)[C@@H](COCCCN)O2)c(=O)n(COCc2ccccc2)c1=O. The second kappa shape index (κ2) is 13.5. The lowest BCUT2D eigenvalue weighted by Crippen LogP contribution is -2.42. The summed E-state index contributed by atoms with van der Waals surface area (Å²) in [5.41, 5.74) is 7.13. The number of aromatic nitrogens is 2. The van der Waals surface area contributed by atoms with Gasteiger partial charge in [-0.1, -0.05) is 60.7 Å². The molecule has 1 aliphatic rings. The summed E-state index contributed by atoms with van der Waals surface area (Å²) in [4.78, 5) is 26.1. The highest BCUT2D eigenvalue weighted by Crippen LogP contribution is 2.31. The van der Waals surface area contributed by atoms with Crippen molar-refractivity contribution in [3.63, 3.8) is 0 Å². The van der Waals surface area contributed by atoms with Crippen molar-refractivity contribution in [2.75, 3.05) is 19.8 Å². The smallest absolute Gasteiger partial charge is 0.335 e. The van der Waals surface area contributed by atoms with Crippen LogP contribution in [0.4, 0.5) is 0 Å². The van der Waals surface area contributed by atoms with E-state index in [1.54, 1.807) is 13.1 Å². The maximum atomic E-state index is 13.3. The van der Waals surface area contributed by atoms with Crippen LogP contribution in [-0.2, 0) is 38.9 Å². The Morgan fingerprint density at radius 1 is 0.973 bits per heavy atom. The number of nitrogens with zero attached hydrogens (tertiary/aromatic N) is 2. The van der Waals surface area contributed by atoms with Gasteiger partial charge in [-0.25, -0.2) is 9.36 Å². The topological polar surface area (TPSA) is 107 Å². The first kappa shape index (κ1) is 27.0. The number of ether oxygens (including phenoxy) is 4. The van der Waals surface area contributed by atoms with Crippen LogP contribution in [0, 0.1) is 6.92 Å². The number of hydrogen-bond acceptors (Lipinski definition) is 7. The molecule has 1 saturated heterocycles. The summed E-state index contributed by atoms with van der Waals surface area (Å²) in [7, 11) is 0. The molecule has 9 nitrogen and oxygen atoms in total. The number of rotatable bonds is 13. The van der Waals surface area contributed by atoms with Gasteiger partial charge in [0, 0.05) is 24.8 Å². The van der Waals surface area contributed by atoms with Crippen LogP contribution in [0.25, 0.3) is 0 Å². The van der Waals surface area contributed by atoms with Crippen molar-refractivity contribution in [2.24, 2.45) is 5.73 Å². The van der Waals surface area contributed by atoms with Gasteiger partial charge >= 0.3 is 5.69 Å². The van der Waals surface area contributed by atoms with E-state index in [1.165, 1.54) is 4.57 Å². The molecule has 9 heteroatoms. The number of benzene rings is 2. The van der Waals surface area contributed by atoms with Crippen molar-refractivity contribution >= 4 is 0 Å². The summed E-state index contributed by atoms with van der Waals surface area (Å²) in [5.74, 6) is 0. The molecule has 0 amide bonds. The zero-order valence-corrected chi connectivity index (χ0v) is 21.2. The maximum Gasteiger partial charge on any atom is 0.335 e. The first-order chi connectivity index (χ1) is 18.1. The molecule has 2 heterocycles. The van der Waals surface area contributed by atoms with Gasteiger partial charge in [0.1, 0.15) is 19.1 Å². The number of hydrogen-bond donors (Lipinski definition) is 1. The van der Waals surface area contributed by atoms with Gasteiger partial charge in [0.2, 0.25) is 0 Å². The third-order valence-electron chi connectivity index (χ3n) is 6.27. The van der Waals surface area contributed by atoms with E-state index in [2.05, 4.69) is 0 Å². The lowest BCUT2D eigenvalue weighted by atomic mass is 10.1. The molecule has 0 radical (unpaired) electrons. The van der Waals surface area contributed by atoms with Crippen molar-refractivity contribution in [3.8, 4) is 0 Å². The predicted octanol–water partition coefficient (Wildman–Crippen LogP) is 2.73. The largest absolute Gasteiger partial charge is 0.379 e. The summed E-state index contributed by atoms with van der Waals surface area (Å²) >= 11 is 0. The Kier molecular flexibility index (Phi) is 9.81. The van der Waals surface area contributed by atoms with Crippen LogP contribution in [0.3, 0.4) is 0 Å². The second-order valence-electron chi connectivity index (χ2n) is 9.12. The van der Waals surface area contributed by atoms with E-state index < -0.39 is 11.9 Å². The van der Waals surface area contributed by atoms with Crippen LogP contribution >= 0.6 is 0 Å². The van der Waals surface area contributed by atoms with Crippen molar-refractivity contribution in [3.05, 3.63) is 104 Å². The van der Waals surface area contributed by atoms with E-state index in [1.807, 2.05) is 60.7 Å². The van der Waals surface area contributed by atoms with Gasteiger partial charge < -0.3 is 24.7 Å². The lowest BCUT2D eigenvalue weighted by Gasteiger charge is -2.19. The minimum Gasteiger partial charge on any atom is -0.379 e. The van der Waals surface area contributed by atoms with Gasteiger partial charge in [0.15, 0.2) is 0 Å². The zero-order chi connectivity index (χ0) is 26.0. The Morgan fingerprint density at radius 2 is 1.65 bits per heavy atom. The molecule has 3 atom stereocenters. The fourth-order valence-corrected chi connectivity index (χ4v) is 4.27. The average molecular weight is 510 g/mol. The minimum atomic E-state index is -0.601. The third-order valence-corrected chi connectivity index (χ3v) is 6.27. The Morgan fingerprint density at radius 3 is 2.32 bits per heavy atom. The van der Waals surface area contributed by atoms with E-state index in [0.29, 0.717) is 38.3 Å². The molecule has 0 saturated carbocycles. The van der Waals surface area contributed by atoms with Crippen molar-refractivity contribution in [1.29, 1.82) is 0 Å². The quantitative estimate of drug-likeness (QED) is 0.353. The van der Waals surface area contributed by atoms with E-state index in [0.717, 1.165) is 22.1 Å². The fourth-order valence-electron chi connectivity index (χ4n) is 4.27. The van der Waals surface area contributed by atoms with Crippen LogP contribution in [0.5, 0.6) is 0 Å². The van der Waals surface area contributed by atoms with Crippen LogP contribution in [-0.4, -0.2) is 41.1 Å². The Bertz CT molecular complexity index is 1230. The average Bonchev–Trinajstić information content (AvgIpc) is 3.33. The first-order valence-electron chi connectivity index (χ1n) is 12.6. The number of nitrogens with two attached hydrogens (primary N) is 1. The minimum absolute atomic E-state index is 0.152. The molecule has 1 fully saturated rings. The van der Waals surface area contributed by atoms with Crippen LogP contribution < -0.4 is 17.0 Å². The molecule has 1 aliphatic heterocycles. The molecule has 37 heavy (non-hydrogen) atoms. The Hall–Kier alpha value is -3.08. The van der Waals surface area contributed by atoms with Gasteiger partial charge in [0.25, 0.3) is 5.56 Å². The van der Waals surface area contributed by atoms with Crippen LogP contribution in [0.2, 0.25) is 0 Å². The molecular weight excluding hydrogens is 474 g/mol. The molecule has 1 aromatic heterocycles. The van der Waals surface area contributed by atoms with E-state index in [-0.39, 0.29) is 31.1 Å². The molecule has 3 aromatic rings. The van der Waals surface area contributed by atoms with E-state index in [4.69, 9.17) is 24.7 Å². The molecule has 2 aromatic carbocycles. The predicted molar refractivity (Wildman–Crippen MR) is 139 cm³/mol. The zero-order valence-electron chi connectivity index (χ0n) is 21.2. The monoisotopic (exact) mass is 509 g/mol. The van der Waals surface area contributed by atoms with Crippen LogP contribution in [0.1, 0.15) is 35.8 Å². The lowest BCUT2D eigenvalue weighted by molar-refractivity contribution is -0.0809. The molecule has 198 valence electrons. The molecule has 4 rings (SSSR count). The van der Waals surface area contributed by atoms with Crippen LogP contribution in [0.15, 0.2) is 76.4 Å². The molecule has 0 spiro atoms.